The minimum atomic E-state index is 0.153. The van der Waals surface area contributed by atoms with E-state index in [9.17, 15) is 0 Å². The molecule has 2 N–H and O–H groups in total. The molecule has 0 bridgehead atoms. The smallest absolute Gasteiger partial charge is 0.0806 e. The Hall–Kier alpha value is -0.120. The standard InChI is InChI=1S/C5H10O2.CH4O/c6-4-5-2-1-3-7-5;1-2/h5-6H,1-4H2;2H,1H3. The lowest BCUT2D eigenvalue weighted by Gasteiger charge is -2.00. The fourth-order valence-corrected chi connectivity index (χ4v) is 0.788. The van der Waals surface area contributed by atoms with Crippen molar-refractivity contribution in [2.24, 2.45) is 0 Å². The van der Waals surface area contributed by atoms with Crippen molar-refractivity contribution in [1.29, 1.82) is 0 Å². The number of hydrogen-bond donors (Lipinski definition) is 2. The molecule has 3 nitrogen and oxygen atoms in total. The second-order valence-electron chi connectivity index (χ2n) is 1.82. The number of hydrogen-bond acceptors (Lipinski definition) is 3. The van der Waals surface area contributed by atoms with Crippen molar-refractivity contribution in [2.75, 3.05) is 20.3 Å². The highest BCUT2D eigenvalue weighted by Crippen LogP contribution is 2.09. The molecule has 1 unspecified atom stereocenters. The summed E-state index contributed by atoms with van der Waals surface area (Å²) in [5, 5.41) is 15.4. The van der Waals surface area contributed by atoms with Crippen LogP contribution in [0.5, 0.6) is 0 Å². The van der Waals surface area contributed by atoms with E-state index in [0.29, 0.717) is 0 Å². The van der Waals surface area contributed by atoms with Crippen LogP contribution in [0.25, 0.3) is 0 Å². The van der Waals surface area contributed by atoms with E-state index in [2.05, 4.69) is 0 Å². The van der Waals surface area contributed by atoms with E-state index in [1.54, 1.807) is 0 Å². The molecule has 1 atom stereocenters. The normalized spacial score (nSPS) is 25.0. The average molecular weight is 134 g/mol. The van der Waals surface area contributed by atoms with Gasteiger partial charge in [-0.2, -0.15) is 0 Å². The zero-order chi connectivity index (χ0) is 7.11. The summed E-state index contributed by atoms with van der Waals surface area (Å²) >= 11 is 0. The van der Waals surface area contributed by atoms with Crippen molar-refractivity contribution in [2.45, 2.75) is 18.9 Å². The van der Waals surface area contributed by atoms with Gasteiger partial charge in [0.15, 0.2) is 0 Å². The first-order chi connectivity index (χ1) is 4.43. The van der Waals surface area contributed by atoms with Gasteiger partial charge in [-0.05, 0) is 12.8 Å². The minimum Gasteiger partial charge on any atom is -0.400 e. The molecule has 1 saturated heterocycles. The fraction of sp³-hybridized carbons (Fsp3) is 1.00. The van der Waals surface area contributed by atoms with E-state index in [1.165, 1.54) is 0 Å². The Morgan fingerprint density at radius 2 is 2.22 bits per heavy atom. The van der Waals surface area contributed by atoms with Gasteiger partial charge in [-0.15, -0.1) is 0 Å². The van der Waals surface area contributed by atoms with E-state index < -0.39 is 0 Å². The molecule has 0 saturated carbocycles. The topological polar surface area (TPSA) is 49.7 Å². The van der Waals surface area contributed by atoms with Gasteiger partial charge in [0.05, 0.1) is 12.7 Å². The van der Waals surface area contributed by atoms with Crippen molar-refractivity contribution in [3.8, 4) is 0 Å². The molecular weight excluding hydrogens is 120 g/mol. The lowest BCUT2D eigenvalue weighted by molar-refractivity contribution is 0.0591. The maximum Gasteiger partial charge on any atom is 0.0806 e. The molecule has 0 spiro atoms. The molecular formula is C6H14O3. The third-order valence-corrected chi connectivity index (χ3v) is 1.23. The predicted molar refractivity (Wildman–Crippen MR) is 34.2 cm³/mol. The molecule has 1 rings (SSSR count). The van der Waals surface area contributed by atoms with E-state index in [4.69, 9.17) is 14.9 Å². The zero-order valence-electron chi connectivity index (χ0n) is 5.71. The van der Waals surface area contributed by atoms with Gasteiger partial charge >= 0.3 is 0 Å². The molecule has 1 aliphatic heterocycles. The first kappa shape index (κ1) is 8.88. The van der Waals surface area contributed by atoms with E-state index in [0.717, 1.165) is 26.6 Å². The molecule has 9 heavy (non-hydrogen) atoms. The Morgan fingerprint density at radius 1 is 1.56 bits per heavy atom. The number of aliphatic hydroxyl groups is 2. The summed E-state index contributed by atoms with van der Waals surface area (Å²) in [6.45, 7) is 1.03. The van der Waals surface area contributed by atoms with Gasteiger partial charge in [-0.3, -0.25) is 0 Å². The second-order valence-corrected chi connectivity index (χ2v) is 1.82. The minimum absolute atomic E-state index is 0.153. The first-order valence-corrected chi connectivity index (χ1v) is 3.10. The van der Waals surface area contributed by atoms with Crippen LogP contribution < -0.4 is 0 Å². The van der Waals surface area contributed by atoms with Gasteiger partial charge < -0.3 is 14.9 Å². The van der Waals surface area contributed by atoms with Crippen LogP contribution in [0.3, 0.4) is 0 Å². The third kappa shape index (κ3) is 3.46. The van der Waals surface area contributed by atoms with Crippen molar-refractivity contribution in [3.63, 3.8) is 0 Å². The Labute approximate surface area is 55.3 Å². The van der Waals surface area contributed by atoms with Gasteiger partial charge in [0.1, 0.15) is 0 Å². The number of aliphatic hydroxyl groups excluding tert-OH is 2. The molecule has 0 aromatic heterocycles. The number of rotatable bonds is 1. The van der Waals surface area contributed by atoms with Crippen molar-refractivity contribution >= 4 is 0 Å². The van der Waals surface area contributed by atoms with Crippen molar-refractivity contribution in [3.05, 3.63) is 0 Å². The maximum absolute atomic E-state index is 8.44. The van der Waals surface area contributed by atoms with Gasteiger partial charge in [0, 0.05) is 13.7 Å². The van der Waals surface area contributed by atoms with Gasteiger partial charge in [0.25, 0.3) is 0 Å². The molecule has 0 aliphatic carbocycles. The predicted octanol–water partition coefficient (Wildman–Crippen LogP) is -0.234. The van der Waals surface area contributed by atoms with Gasteiger partial charge in [-0.1, -0.05) is 0 Å². The van der Waals surface area contributed by atoms with E-state index >= 15 is 0 Å². The van der Waals surface area contributed by atoms with Crippen molar-refractivity contribution < 1.29 is 14.9 Å². The Balaban J connectivity index is 0.000000291. The summed E-state index contributed by atoms with van der Waals surface area (Å²) in [7, 11) is 1.00. The summed E-state index contributed by atoms with van der Waals surface area (Å²) < 4.78 is 5.05. The quantitative estimate of drug-likeness (QED) is 0.520. The van der Waals surface area contributed by atoms with E-state index in [-0.39, 0.29) is 12.7 Å². The molecule has 3 heteroatoms. The largest absolute Gasteiger partial charge is 0.400 e. The van der Waals surface area contributed by atoms with Crippen molar-refractivity contribution in [1.82, 2.24) is 0 Å². The lowest BCUT2D eigenvalue weighted by Crippen LogP contribution is -2.09. The summed E-state index contributed by atoms with van der Waals surface area (Å²) in [4.78, 5) is 0. The monoisotopic (exact) mass is 134 g/mol. The van der Waals surface area contributed by atoms with Crippen LogP contribution in [0.4, 0.5) is 0 Å². The highest BCUT2D eigenvalue weighted by Gasteiger charge is 2.12. The van der Waals surface area contributed by atoms with Crippen LogP contribution in [0, 0.1) is 0 Å². The summed E-state index contributed by atoms with van der Waals surface area (Å²) in [6.07, 6.45) is 2.31. The first-order valence-electron chi connectivity index (χ1n) is 3.10. The Kier molecular flexibility index (Phi) is 5.93. The molecule has 56 valence electrons. The van der Waals surface area contributed by atoms with Crippen LogP contribution in [-0.4, -0.2) is 36.6 Å². The lowest BCUT2D eigenvalue weighted by atomic mass is 10.2. The molecule has 0 radical (unpaired) electrons. The number of ether oxygens (including phenoxy) is 1. The van der Waals surface area contributed by atoms with Crippen LogP contribution in [0.2, 0.25) is 0 Å². The highest BCUT2D eigenvalue weighted by molar-refractivity contribution is 4.61. The summed E-state index contributed by atoms with van der Waals surface area (Å²) in [5.41, 5.74) is 0. The maximum atomic E-state index is 8.44. The zero-order valence-corrected chi connectivity index (χ0v) is 5.71. The Bertz CT molecular complexity index is 50.3. The molecule has 0 aromatic rings. The molecule has 1 aliphatic rings. The van der Waals surface area contributed by atoms with Crippen LogP contribution in [-0.2, 0) is 4.74 Å². The average Bonchev–Trinajstić information content (AvgIpc) is 2.43. The highest BCUT2D eigenvalue weighted by atomic mass is 16.5. The van der Waals surface area contributed by atoms with E-state index in [1.807, 2.05) is 0 Å². The Morgan fingerprint density at radius 3 is 2.44 bits per heavy atom. The van der Waals surface area contributed by atoms with Crippen LogP contribution >= 0.6 is 0 Å². The SMILES string of the molecule is CO.OCC1CCCO1. The molecule has 1 fully saturated rings. The molecule has 1 heterocycles. The summed E-state index contributed by atoms with van der Waals surface area (Å²) in [6, 6.07) is 0. The second kappa shape index (κ2) is 6.01. The van der Waals surface area contributed by atoms with Crippen LogP contribution in [0.15, 0.2) is 0 Å². The molecule has 0 amide bonds. The van der Waals surface area contributed by atoms with Gasteiger partial charge in [0.2, 0.25) is 0 Å². The summed E-state index contributed by atoms with van der Waals surface area (Å²) in [5.74, 6) is 0. The van der Waals surface area contributed by atoms with Gasteiger partial charge in [-0.25, -0.2) is 0 Å². The molecule has 0 aromatic carbocycles. The fourth-order valence-electron chi connectivity index (χ4n) is 0.788. The van der Waals surface area contributed by atoms with Crippen LogP contribution in [0.1, 0.15) is 12.8 Å². The third-order valence-electron chi connectivity index (χ3n) is 1.23.